The normalized spacial score (nSPS) is 15.2. The molecule has 1 N–H and O–H groups in total. The minimum absolute atomic E-state index is 0.00208. The molecule has 3 aromatic rings. The summed E-state index contributed by atoms with van der Waals surface area (Å²) in [5.41, 5.74) is 1.01. The summed E-state index contributed by atoms with van der Waals surface area (Å²) in [6.45, 7) is 0. The number of carbonyl (C=O) groups excluding carboxylic acids is 1. The number of aromatic nitrogens is 2. The molecule has 0 spiro atoms. The third-order valence-corrected chi connectivity index (χ3v) is 6.56. The van der Waals surface area contributed by atoms with E-state index in [0.717, 1.165) is 5.69 Å². The number of carbonyl (C=O) groups is 2. The average molecular weight is 382 g/mol. The fourth-order valence-corrected chi connectivity index (χ4v) is 5.21. The van der Waals surface area contributed by atoms with Crippen LogP contribution in [0, 0.1) is 0 Å². The van der Waals surface area contributed by atoms with Gasteiger partial charge in [0, 0.05) is 27.9 Å². The van der Waals surface area contributed by atoms with Gasteiger partial charge in [0.1, 0.15) is 6.29 Å². The predicted molar refractivity (Wildman–Crippen MR) is 103 cm³/mol. The summed E-state index contributed by atoms with van der Waals surface area (Å²) >= 11 is 3.35. The molecule has 0 amide bonds. The average Bonchev–Trinajstić information content (AvgIpc) is 3.40. The Hall–Kier alpha value is -2.77. The van der Waals surface area contributed by atoms with Gasteiger partial charge in [0.25, 0.3) is 0 Å². The lowest BCUT2D eigenvalue weighted by atomic mass is 9.75. The number of thiophene rings is 2. The van der Waals surface area contributed by atoms with Crippen LogP contribution in [0.25, 0.3) is 12.3 Å². The lowest BCUT2D eigenvalue weighted by Crippen LogP contribution is -2.29. The molecule has 0 saturated heterocycles. The molecule has 0 aliphatic heterocycles. The molecule has 4 rings (SSSR count). The third kappa shape index (κ3) is 2.56. The maximum atomic E-state index is 11.6. The summed E-state index contributed by atoms with van der Waals surface area (Å²) in [6.07, 6.45) is 7.97. The Kier molecular flexibility index (Phi) is 4.18. The standard InChI is InChI=1S/C19H14N2O3S2/c22-9-3-8-21-14-12-19(15-4-1-10-25-15,16-5-2-11-26-16)7-6-13(14)17(20-21)18(23)24/h1-11H,12H2,(H,23,24). The van der Waals surface area contributed by atoms with E-state index in [1.54, 1.807) is 22.7 Å². The van der Waals surface area contributed by atoms with Gasteiger partial charge in [-0.15, -0.1) is 22.7 Å². The molecule has 130 valence electrons. The van der Waals surface area contributed by atoms with Crippen molar-refractivity contribution in [3.05, 3.63) is 73.9 Å². The van der Waals surface area contributed by atoms with Crippen molar-refractivity contribution in [1.82, 2.24) is 9.78 Å². The van der Waals surface area contributed by atoms with Crippen LogP contribution < -0.4 is 0 Å². The number of aldehydes is 1. The Labute approximate surface area is 157 Å². The highest BCUT2D eigenvalue weighted by Gasteiger charge is 2.39. The molecule has 5 nitrogen and oxygen atoms in total. The van der Waals surface area contributed by atoms with Gasteiger partial charge in [0.15, 0.2) is 5.69 Å². The molecule has 0 atom stereocenters. The summed E-state index contributed by atoms with van der Waals surface area (Å²) in [4.78, 5) is 24.7. The van der Waals surface area contributed by atoms with E-state index in [9.17, 15) is 14.7 Å². The Balaban J connectivity index is 1.92. The molecule has 0 radical (unpaired) electrons. The zero-order valence-corrected chi connectivity index (χ0v) is 15.2. The third-order valence-electron chi connectivity index (χ3n) is 4.46. The van der Waals surface area contributed by atoms with Crippen LogP contribution in [-0.2, 0) is 16.6 Å². The van der Waals surface area contributed by atoms with Crippen LogP contribution in [0.3, 0.4) is 0 Å². The fraction of sp³-hybridized carbons (Fsp3) is 0.105. The minimum atomic E-state index is -1.08. The number of nitrogens with zero attached hydrogens (tertiary/aromatic N) is 2. The smallest absolute Gasteiger partial charge is 0.357 e. The monoisotopic (exact) mass is 382 g/mol. The van der Waals surface area contributed by atoms with Crippen LogP contribution >= 0.6 is 22.7 Å². The Morgan fingerprint density at radius 1 is 1.23 bits per heavy atom. The fourth-order valence-electron chi connectivity index (χ4n) is 3.30. The highest BCUT2D eigenvalue weighted by molar-refractivity contribution is 7.11. The molecule has 3 heterocycles. The maximum Gasteiger partial charge on any atom is 0.357 e. The van der Waals surface area contributed by atoms with Gasteiger partial charge >= 0.3 is 5.97 Å². The number of allylic oxidation sites excluding steroid dienone is 2. The van der Waals surface area contributed by atoms with Crippen molar-refractivity contribution < 1.29 is 14.7 Å². The maximum absolute atomic E-state index is 11.6. The first-order valence-electron chi connectivity index (χ1n) is 7.89. The molecule has 0 aromatic carbocycles. The van der Waals surface area contributed by atoms with Crippen molar-refractivity contribution in [2.75, 3.05) is 0 Å². The number of carboxylic acids is 1. The van der Waals surface area contributed by atoms with E-state index in [0.29, 0.717) is 18.3 Å². The molecule has 0 unspecified atom stereocenters. The molecule has 1 aliphatic carbocycles. The molecular weight excluding hydrogens is 368 g/mol. The first kappa shape index (κ1) is 16.7. The molecule has 1 aliphatic rings. The van der Waals surface area contributed by atoms with E-state index >= 15 is 0 Å². The van der Waals surface area contributed by atoms with Crippen LogP contribution in [0.5, 0.6) is 0 Å². The number of carboxylic acid groups (broad SMARTS) is 1. The predicted octanol–water partition coefficient (Wildman–Crippen LogP) is 3.93. The zero-order chi connectivity index (χ0) is 18.1. The van der Waals surface area contributed by atoms with Gasteiger partial charge in [-0.25, -0.2) is 9.48 Å². The number of fused-ring (bicyclic) bond motifs is 1. The van der Waals surface area contributed by atoms with Crippen molar-refractivity contribution in [1.29, 1.82) is 0 Å². The molecule has 0 saturated carbocycles. The number of aromatic carboxylic acids is 1. The highest BCUT2D eigenvalue weighted by atomic mass is 32.1. The second kappa shape index (κ2) is 6.51. The van der Waals surface area contributed by atoms with E-state index in [4.69, 9.17) is 0 Å². The summed E-state index contributed by atoms with van der Waals surface area (Å²) in [5.74, 6) is -1.08. The topological polar surface area (TPSA) is 72.2 Å². The highest BCUT2D eigenvalue weighted by Crippen LogP contribution is 2.45. The second-order valence-electron chi connectivity index (χ2n) is 5.87. The molecular formula is C19H14N2O3S2. The van der Waals surface area contributed by atoms with Gasteiger partial charge in [-0.05, 0) is 29.0 Å². The number of hydrogen-bond donors (Lipinski definition) is 1. The van der Waals surface area contributed by atoms with Crippen molar-refractivity contribution >= 4 is 47.2 Å². The quantitative estimate of drug-likeness (QED) is 0.536. The van der Waals surface area contributed by atoms with Gasteiger partial charge in [0.05, 0.1) is 11.1 Å². The van der Waals surface area contributed by atoms with Crippen molar-refractivity contribution in [3.8, 4) is 0 Å². The SMILES string of the molecule is O=CC=Cn1nc(C(=O)O)c2c1CC(c1cccs1)(c1cccs1)C=C2. The molecule has 7 heteroatoms. The van der Waals surface area contributed by atoms with Gasteiger partial charge in [-0.2, -0.15) is 5.10 Å². The Bertz CT molecular complexity index is 978. The van der Waals surface area contributed by atoms with Crippen LogP contribution in [-0.4, -0.2) is 27.1 Å². The molecule has 26 heavy (non-hydrogen) atoms. The number of hydrogen-bond acceptors (Lipinski definition) is 5. The van der Waals surface area contributed by atoms with Gasteiger partial charge in [-0.1, -0.05) is 24.3 Å². The zero-order valence-electron chi connectivity index (χ0n) is 13.5. The largest absolute Gasteiger partial charge is 0.476 e. The lowest BCUT2D eigenvalue weighted by Gasteiger charge is -2.32. The van der Waals surface area contributed by atoms with Gasteiger partial charge < -0.3 is 5.11 Å². The minimum Gasteiger partial charge on any atom is -0.476 e. The van der Waals surface area contributed by atoms with E-state index in [1.807, 2.05) is 29.0 Å². The molecule has 3 aromatic heterocycles. The van der Waals surface area contributed by atoms with E-state index < -0.39 is 5.97 Å². The van der Waals surface area contributed by atoms with Gasteiger partial charge in [0.2, 0.25) is 0 Å². The number of rotatable bonds is 5. The first-order chi connectivity index (χ1) is 12.7. The van der Waals surface area contributed by atoms with E-state index in [2.05, 4.69) is 23.3 Å². The Morgan fingerprint density at radius 2 is 1.92 bits per heavy atom. The van der Waals surface area contributed by atoms with E-state index in [1.165, 1.54) is 26.7 Å². The van der Waals surface area contributed by atoms with Crippen LogP contribution in [0.1, 0.15) is 31.5 Å². The van der Waals surface area contributed by atoms with Crippen LogP contribution in [0.4, 0.5) is 0 Å². The van der Waals surface area contributed by atoms with Gasteiger partial charge in [-0.3, -0.25) is 4.79 Å². The van der Waals surface area contributed by atoms with Crippen LogP contribution in [0.2, 0.25) is 0 Å². The summed E-state index contributed by atoms with van der Waals surface area (Å²) in [5, 5.41) is 17.7. The van der Waals surface area contributed by atoms with E-state index in [-0.39, 0.29) is 11.1 Å². The summed E-state index contributed by atoms with van der Waals surface area (Å²) < 4.78 is 1.51. The molecule has 0 fully saturated rings. The summed E-state index contributed by atoms with van der Waals surface area (Å²) in [7, 11) is 0. The summed E-state index contributed by atoms with van der Waals surface area (Å²) in [6, 6.07) is 8.23. The van der Waals surface area contributed by atoms with Crippen molar-refractivity contribution in [3.63, 3.8) is 0 Å². The second-order valence-corrected chi connectivity index (χ2v) is 7.77. The van der Waals surface area contributed by atoms with Crippen molar-refractivity contribution in [2.24, 2.45) is 0 Å². The Morgan fingerprint density at radius 3 is 2.46 bits per heavy atom. The first-order valence-corrected chi connectivity index (χ1v) is 9.65. The van der Waals surface area contributed by atoms with Crippen molar-refractivity contribution in [2.45, 2.75) is 11.8 Å². The van der Waals surface area contributed by atoms with Crippen LogP contribution in [0.15, 0.2) is 47.2 Å². The lowest BCUT2D eigenvalue weighted by molar-refractivity contribution is -0.104. The molecule has 0 bridgehead atoms.